The summed E-state index contributed by atoms with van der Waals surface area (Å²) in [5.74, 6) is -0.872. The van der Waals surface area contributed by atoms with E-state index in [1.165, 1.54) is 11.3 Å². The van der Waals surface area contributed by atoms with Gasteiger partial charge in [-0.15, -0.1) is 11.3 Å². The molecule has 4 aromatic rings. The number of hydrogen-bond donors (Lipinski definition) is 1. The molecule has 2 heterocycles. The maximum atomic E-state index is 12.1. The van der Waals surface area contributed by atoms with E-state index in [1.807, 2.05) is 54.8 Å². The molecule has 0 fully saturated rings. The topological polar surface area (TPSA) is 68.5 Å². The molecule has 0 saturated heterocycles. The van der Waals surface area contributed by atoms with E-state index in [9.17, 15) is 9.59 Å². The zero-order valence-electron chi connectivity index (χ0n) is 13.9. The van der Waals surface area contributed by atoms with Crippen LogP contribution in [-0.2, 0) is 9.53 Å². The van der Waals surface area contributed by atoms with Crippen LogP contribution in [0.4, 0.5) is 5.69 Å². The lowest BCUT2D eigenvalue weighted by Gasteiger charge is -2.06. The average molecular weight is 365 g/mol. The lowest BCUT2D eigenvalue weighted by atomic mass is 10.1. The second-order valence-corrected chi connectivity index (χ2v) is 6.78. The second-order valence-electron chi connectivity index (χ2n) is 5.87. The Labute approximate surface area is 153 Å². The normalized spacial score (nSPS) is 11.0. The number of nitrogens with one attached hydrogen (secondary N) is 1. The predicted molar refractivity (Wildman–Crippen MR) is 102 cm³/mol. The van der Waals surface area contributed by atoms with Gasteiger partial charge in [-0.1, -0.05) is 18.2 Å². The standard InChI is InChI=1S/C20H15NO4S/c1-12-8-9-26-19(12)20(23)24-11-18(22)21-13-6-7-17-15(10-13)14-4-2-3-5-16(14)25-17/h2-10H,11H2,1H3,(H,21,22). The van der Waals surface area contributed by atoms with E-state index in [0.29, 0.717) is 10.6 Å². The van der Waals surface area contributed by atoms with Crippen LogP contribution >= 0.6 is 11.3 Å². The molecular formula is C20H15NO4S. The molecule has 0 aliphatic carbocycles. The molecule has 0 aliphatic heterocycles. The zero-order valence-corrected chi connectivity index (χ0v) is 14.8. The number of anilines is 1. The molecule has 0 saturated carbocycles. The summed E-state index contributed by atoms with van der Waals surface area (Å²) in [5.41, 5.74) is 3.02. The fourth-order valence-electron chi connectivity index (χ4n) is 2.78. The van der Waals surface area contributed by atoms with Crippen LogP contribution in [0.15, 0.2) is 58.3 Å². The number of fused-ring (bicyclic) bond motifs is 3. The molecule has 1 N–H and O–H groups in total. The Balaban J connectivity index is 1.46. The summed E-state index contributed by atoms with van der Waals surface area (Å²) in [6, 6.07) is 15.0. The van der Waals surface area contributed by atoms with Crippen LogP contribution < -0.4 is 5.32 Å². The summed E-state index contributed by atoms with van der Waals surface area (Å²) >= 11 is 1.30. The highest BCUT2D eigenvalue weighted by Gasteiger charge is 2.14. The van der Waals surface area contributed by atoms with Gasteiger partial charge in [0.1, 0.15) is 16.0 Å². The van der Waals surface area contributed by atoms with Crippen molar-refractivity contribution in [1.82, 2.24) is 0 Å². The van der Waals surface area contributed by atoms with Gasteiger partial charge in [-0.05, 0) is 48.2 Å². The van der Waals surface area contributed by atoms with E-state index in [2.05, 4.69) is 5.32 Å². The number of ether oxygens (including phenoxy) is 1. The van der Waals surface area contributed by atoms with Crippen molar-refractivity contribution in [2.24, 2.45) is 0 Å². The molecule has 2 aromatic carbocycles. The number of thiophene rings is 1. The number of benzene rings is 2. The molecule has 0 atom stereocenters. The molecule has 2 aromatic heterocycles. The quantitative estimate of drug-likeness (QED) is 0.530. The van der Waals surface area contributed by atoms with Gasteiger partial charge in [0.15, 0.2) is 6.61 Å². The molecule has 1 amide bonds. The molecule has 0 radical (unpaired) electrons. The summed E-state index contributed by atoms with van der Waals surface area (Å²) in [6.45, 7) is 1.50. The Kier molecular flexibility index (Phi) is 4.18. The third-order valence-electron chi connectivity index (χ3n) is 4.04. The Morgan fingerprint density at radius 2 is 1.88 bits per heavy atom. The van der Waals surface area contributed by atoms with Crippen molar-refractivity contribution in [1.29, 1.82) is 0 Å². The third-order valence-corrected chi connectivity index (χ3v) is 5.04. The number of hydrogen-bond acceptors (Lipinski definition) is 5. The first-order valence-electron chi connectivity index (χ1n) is 8.04. The molecule has 4 rings (SSSR count). The van der Waals surface area contributed by atoms with E-state index >= 15 is 0 Å². The monoisotopic (exact) mass is 365 g/mol. The van der Waals surface area contributed by atoms with Crippen molar-refractivity contribution in [3.05, 3.63) is 64.4 Å². The van der Waals surface area contributed by atoms with Gasteiger partial charge in [-0.2, -0.15) is 0 Å². The maximum absolute atomic E-state index is 12.1. The van der Waals surface area contributed by atoms with Crippen LogP contribution in [0.3, 0.4) is 0 Å². The van der Waals surface area contributed by atoms with E-state index in [1.54, 1.807) is 6.07 Å². The summed E-state index contributed by atoms with van der Waals surface area (Å²) in [4.78, 5) is 24.6. The number of carbonyl (C=O) groups excluding carboxylic acids is 2. The van der Waals surface area contributed by atoms with Crippen LogP contribution in [-0.4, -0.2) is 18.5 Å². The molecule has 5 nitrogen and oxygen atoms in total. The van der Waals surface area contributed by atoms with E-state index in [4.69, 9.17) is 9.15 Å². The van der Waals surface area contributed by atoms with Gasteiger partial charge in [-0.3, -0.25) is 4.79 Å². The van der Waals surface area contributed by atoms with Crippen LogP contribution in [0.1, 0.15) is 15.2 Å². The molecule has 0 aliphatic rings. The number of furan rings is 1. The highest BCUT2D eigenvalue weighted by atomic mass is 32.1. The number of aryl methyl sites for hydroxylation is 1. The van der Waals surface area contributed by atoms with E-state index in [0.717, 1.165) is 27.5 Å². The lowest BCUT2D eigenvalue weighted by molar-refractivity contribution is -0.119. The fraction of sp³-hybridized carbons (Fsp3) is 0.100. The first-order chi connectivity index (χ1) is 12.6. The zero-order chi connectivity index (χ0) is 18.1. The van der Waals surface area contributed by atoms with Gasteiger partial charge >= 0.3 is 5.97 Å². The van der Waals surface area contributed by atoms with Gasteiger partial charge in [0.05, 0.1) is 0 Å². The lowest BCUT2D eigenvalue weighted by Crippen LogP contribution is -2.20. The Hall–Kier alpha value is -3.12. The molecule has 130 valence electrons. The SMILES string of the molecule is Cc1ccsc1C(=O)OCC(=O)Nc1ccc2oc3ccccc3c2c1. The van der Waals surface area contributed by atoms with Crippen molar-refractivity contribution < 1.29 is 18.7 Å². The van der Waals surface area contributed by atoms with E-state index < -0.39 is 5.97 Å². The smallest absolute Gasteiger partial charge is 0.349 e. The minimum Gasteiger partial charge on any atom is -0.456 e. The maximum Gasteiger partial charge on any atom is 0.349 e. The van der Waals surface area contributed by atoms with Crippen molar-refractivity contribution in [2.75, 3.05) is 11.9 Å². The number of para-hydroxylation sites is 1. The van der Waals surface area contributed by atoms with Crippen LogP contribution in [0, 0.1) is 6.92 Å². The number of rotatable bonds is 4. The molecular weight excluding hydrogens is 350 g/mol. The second kappa shape index (κ2) is 6.65. The Bertz CT molecular complexity index is 1130. The molecule has 0 spiro atoms. The number of carbonyl (C=O) groups is 2. The fourth-order valence-corrected chi connectivity index (χ4v) is 3.60. The summed E-state index contributed by atoms with van der Waals surface area (Å²) in [6.07, 6.45) is 0. The van der Waals surface area contributed by atoms with Crippen LogP contribution in [0.2, 0.25) is 0 Å². The summed E-state index contributed by atoms with van der Waals surface area (Å²) in [5, 5.41) is 6.47. The first kappa shape index (κ1) is 16.4. The average Bonchev–Trinajstić information content (AvgIpc) is 3.23. The van der Waals surface area contributed by atoms with Crippen molar-refractivity contribution in [3.63, 3.8) is 0 Å². The van der Waals surface area contributed by atoms with Crippen LogP contribution in [0.25, 0.3) is 21.9 Å². The molecule has 6 heteroatoms. The van der Waals surface area contributed by atoms with E-state index in [-0.39, 0.29) is 12.5 Å². The largest absolute Gasteiger partial charge is 0.456 e. The highest BCUT2D eigenvalue weighted by Crippen LogP contribution is 2.30. The highest BCUT2D eigenvalue weighted by molar-refractivity contribution is 7.12. The van der Waals surface area contributed by atoms with Gasteiger partial charge in [0, 0.05) is 16.5 Å². The Morgan fingerprint density at radius 3 is 2.69 bits per heavy atom. The molecule has 26 heavy (non-hydrogen) atoms. The first-order valence-corrected chi connectivity index (χ1v) is 8.92. The minimum absolute atomic E-state index is 0.333. The van der Waals surface area contributed by atoms with Crippen molar-refractivity contribution in [3.8, 4) is 0 Å². The van der Waals surface area contributed by atoms with Gasteiger partial charge < -0.3 is 14.5 Å². The summed E-state index contributed by atoms with van der Waals surface area (Å²) in [7, 11) is 0. The van der Waals surface area contributed by atoms with Crippen molar-refractivity contribution in [2.45, 2.75) is 6.92 Å². The number of esters is 1. The minimum atomic E-state index is -0.482. The summed E-state index contributed by atoms with van der Waals surface area (Å²) < 4.78 is 10.8. The van der Waals surface area contributed by atoms with Gasteiger partial charge in [-0.25, -0.2) is 4.79 Å². The van der Waals surface area contributed by atoms with Crippen LogP contribution in [0.5, 0.6) is 0 Å². The molecule has 0 bridgehead atoms. The predicted octanol–water partition coefficient (Wildman–Crippen LogP) is 4.75. The van der Waals surface area contributed by atoms with Gasteiger partial charge in [0.2, 0.25) is 0 Å². The van der Waals surface area contributed by atoms with Gasteiger partial charge in [0.25, 0.3) is 5.91 Å². The molecule has 0 unspecified atom stereocenters. The van der Waals surface area contributed by atoms with Crippen molar-refractivity contribution >= 4 is 50.8 Å². The third kappa shape index (κ3) is 3.07. The Morgan fingerprint density at radius 1 is 1.08 bits per heavy atom. The number of amides is 1.